The average molecular weight is 206 g/mol. The van der Waals surface area contributed by atoms with Crippen LogP contribution in [0.4, 0.5) is 0 Å². The summed E-state index contributed by atoms with van der Waals surface area (Å²) in [5, 5.41) is 0. The van der Waals surface area contributed by atoms with E-state index in [1.165, 1.54) is 23.6 Å². The Morgan fingerprint density at radius 2 is 2.27 bits per heavy atom. The lowest BCUT2D eigenvalue weighted by molar-refractivity contribution is -0.143. The molecule has 82 valence electrons. The second-order valence-electron chi connectivity index (χ2n) is 5.15. The van der Waals surface area contributed by atoms with Crippen molar-refractivity contribution < 1.29 is 9.53 Å². The molecule has 2 bridgehead atoms. The molecule has 1 fully saturated rings. The SMILES string of the molecule is C=CC(=O)OC1CC2CC(=C1C)C2(C)C. The molecule has 0 spiro atoms. The van der Waals surface area contributed by atoms with Crippen LogP contribution in [-0.2, 0) is 9.53 Å². The zero-order valence-corrected chi connectivity index (χ0v) is 9.67. The van der Waals surface area contributed by atoms with E-state index in [2.05, 4.69) is 27.4 Å². The molecule has 3 aliphatic rings. The van der Waals surface area contributed by atoms with Crippen molar-refractivity contribution in [2.75, 3.05) is 0 Å². The van der Waals surface area contributed by atoms with E-state index in [1.807, 2.05) is 0 Å². The topological polar surface area (TPSA) is 26.3 Å². The Hall–Kier alpha value is -1.05. The Morgan fingerprint density at radius 3 is 2.73 bits per heavy atom. The predicted octanol–water partition coefficient (Wildman–Crippen LogP) is 2.85. The van der Waals surface area contributed by atoms with Crippen LogP contribution in [0.2, 0.25) is 0 Å². The molecule has 0 aliphatic heterocycles. The normalized spacial score (nSPS) is 31.9. The van der Waals surface area contributed by atoms with Crippen LogP contribution in [-0.4, -0.2) is 12.1 Å². The predicted molar refractivity (Wildman–Crippen MR) is 59.3 cm³/mol. The van der Waals surface area contributed by atoms with Crippen molar-refractivity contribution in [3.05, 3.63) is 23.8 Å². The summed E-state index contributed by atoms with van der Waals surface area (Å²) >= 11 is 0. The first-order valence-corrected chi connectivity index (χ1v) is 5.50. The van der Waals surface area contributed by atoms with Crippen molar-refractivity contribution in [1.82, 2.24) is 0 Å². The van der Waals surface area contributed by atoms with Crippen LogP contribution < -0.4 is 0 Å². The van der Waals surface area contributed by atoms with Crippen LogP contribution in [0.3, 0.4) is 0 Å². The van der Waals surface area contributed by atoms with Gasteiger partial charge in [0.1, 0.15) is 6.10 Å². The van der Waals surface area contributed by atoms with Gasteiger partial charge in [0.25, 0.3) is 0 Å². The third-order valence-corrected chi connectivity index (χ3v) is 4.13. The summed E-state index contributed by atoms with van der Waals surface area (Å²) < 4.78 is 5.33. The molecule has 0 heterocycles. The summed E-state index contributed by atoms with van der Waals surface area (Å²) in [5.74, 6) is 0.373. The number of carbonyl (C=O) groups excluding carboxylic acids is 1. The highest BCUT2D eigenvalue weighted by Gasteiger charge is 2.50. The minimum absolute atomic E-state index is 0.00252. The van der Waals surface area contributed by atoms with Gasteiger partial charge in [0.2, 0.25) is 0 Å². The Balaban J connectivity index is 2.17. The van der Waals surface area contributed by atoms with Gasteiger partial charge in [-0.2, -0.15) is 0 Å². The Labute approximate surface area is 91.0 Å². The van der Waals surface area contributed by atoms with Crippen LogP contribution in [0.1, 0.15) is 33.6 Å². The van der Waals surface area contributed by atoms with Crippen LogP contribution in [0.25, 0.3) is 0 Å². The Morgan fingerprint density at radius 1 is 1.60 bits per heavy atom. The van der Waals surface area contributed by atoms with Gasteiger partial charge >= 0.3 is 5.97 Å². The summed E-state index contributed by atoms with van der Waals surface area (Å²) in [6.07, 6.45) is 3.41. The molecule has 0 radical (unpaired) electrons. The van der Waals surface area contributed by atoms with Gasteiger partial charge in [-0.25, -0.2) is 4.79 Å². The first-order chi connectivity index (χ1) is 6.96. The van der Waals surface area contributed by atoms with Crippen molar-refractivity contribution in [2.24, 2.45) is 11.3 Å². The minimum Gasteiger partial charge on any atom is -0.455 e. The largest absolute Gasteiger partial charge is 0.455 e. The number of rotatable bonds is 2. The molecule has 3 rings (SSSR count). The number of allylic oxidation sites excluding steroid dienone is 1. The standard InChI is InChI=1S/C13H18O2/c1-5-12(14)15-11-7-9-6-10(8(11)2)13(9,3)4/h5,9,11H,1,6-7H2,2-4H3. The second-order valence-corrected chi connectivity index (χ2v) is 5.15. The quantitative estimate of drug-likeness (QED) is 0.394. The Kier molecular flexibility index (Phi) is 2.25. The third kappa shape index (κ3) is 1.43. The molecule has 2 heteroatoms. The molecule has 0 amide bonds. The van der Waals surface area contributed by atoms with Crippen LogP contribution >= 0.6 is 0 Å². The summed E-state index contributed by atoms with van der Waals surface area (Å²) in [7, 11) is 0. The fraction of sp³-hybridized carbons (Fsp3) is 0.615. The van der Waals surface area contributed by atoms with Gasteiger partial charge in [0, 0.05) is 6.08 Å². The van der Waals surface area contributed by atoms with Gasteiger partial charge in [0.15, 0.2) is 0 Å². The highest BCUT2D eigenvalue weighted by molar-refractivity contribution is 5.81. The molecule has 2 unspecified atom stereocenters. The maximum Gasteiger partial charge on any atom is 0.330 e. The van der Waals surface area contributed by atoms with E-state index in [-0.39, 0.29) is 12.1 Å². The second kappa shape index (κ2) is 3.22. The number of esters is 1. The lowest BCUT2D eigenvalue weighted by Gasteiger charge is -2.54. The maximum absolute atomic E-state index is 11.1. The summed E-state index contributed by atoms with van der Waals surface area (Å²) in [5.41, 5.74) is 3.08. The molecule has 15 heavy (non-hydrogen) atoms. The zero-order chi connectivity index (χ0) is 11.2. The fourth-order valence-electron chi connectivity index (χ4n) is 2.88. The van der Waals surface area contributed by atoms with Gasteiger partial charge < -0.3 is 4.74 Å². The van der Waals surface area contributed by atoms with Crippen molar-refractivity contribution in [2.45, 2.75) is 39.7 Å². The minimum atomic E-state index is -0.306. The van der Waals surface area contributed by atoms with E-state index in [1.54, 1.807) is 0 Å². The van der Waals surface area contributed by atoms with Gasteiger partial charge in [0.05, 0.1) is 0 Å². The molecular weight excluding hydrogens is 188 g/mol. The van der Waals surface area contributed by atoms with Gasteiger partial charge in [-0.3, -0.25) is 0 Å². The number of carbonyl (C=O) groups is 1. The number of ether oxygens (including phenoxy) is 1. The lowest BCUT2D eigenvalue weighted by atomic mass is 9.52. The molecule has 3 aliphatic carbocycles. The number of fused-ring (bicyclic) bond motifs is 2. The molecule has 0 aromatic carbocycles. The first-order valence-electron chi connectivity index (χ1n) is 5.50. The molecule has 0 N–H and O–H groups in total. The first kappa shape index (κ1) is 10.5. The molecule has 0 saturated heterocycles. The van der Waals surface area contributed by atoms with Crippen molar-refractivity contribution in [3.8, 4) is 0 Å². The van der Waals surface area contributed by atoms with E-state index in [4.69, 9.17) is 4.74 Å². The smallest absolute Gasteiger partial charge is 0.330 e. The van der Waals surface area contributed by atoms with E-state index in [0.717, 1.165) is 6.42 Å². The fourth-order valence-corrected chi connectivity index (χ4v) is 2.88. The Bertz CT molecular complexity index is 350. The maximum atomic E-state index is 11.1. The number of hydrogen-bond donors (Lipinski definition) is 0. The van der Waals surface area contributed by atoms with Gasteiger partial charge in [-0.15, -0.1) is 0 Å². The van der Waals surface area contributed by atoms with Crippen molar-refractivity contribution >= 4 is 5.97 Å². The van der Waals surface area contributed by atoms with E-state index >= 15 is 0 Å². The molecule has 0 aromatic heterocycles. The molecule has 2 nitrogen and oxygen atoms in total. The van der Waals surface area contributed by atoms with E-state index in [9.17, 15) is 4.79 Å². The molecule has 0 aromatic rings. The average Bonchev–Trinajstić information content (AvgIpc) is 2.19. The van der Waals surface area contributed by atoms with Gasteiger partial charge in [-0.1, -0.05) is 26.0 Å². The highest BCUT2D eigenvalue weighted by atomic mass is 16.5. The lowest BCUT2D eigenvalue weighted by Crippen LogP contribution is -2.46. The van der Waals surface area contributed by atoms with Crippen LogP contribution in [0.5, 0.6) is 0 Å². The summed E-state index contributed by atoms with van der Waals surface area (Å²) in [4.78, 5) is 11.1. The van der Waals surface area contributed by atoms with Gasteiger partial charge in [-0.05, 0) is 36.7 Å². The third-order valence-electron chi connectivity index (χ3n) is 4.13. The monoisotopic (exact) mass is 206 g/mol. The van der Waals surface area contributed by atoms with Crippen LogP contribution in [0.15, 0.2) is 23.8 Å². The van der Waals surface area contributed by atoms with E-state index < -0.39 is 0 Å². The molecular formula is C13H18O2. The molecule has 2 atom stereocenters. The molecule has 1 saturated carbocycles. The highest BCUT2D eigenvalue weighted by Crippen LogP contribution is 2.58. The summed E-state index contributed by atoms with van der Waals surface area (Å²) in [6.45, 7) is 10.1. The van der Waals surface area contributed by atoms with Crippen molar-refractivity contribution in [1.29, 1.82) is 0 Å². The summed E-state index contributed by atoms with van der Waals surface area (Å²) in [6, 6.07) is 0. The van der Waals surface area contributed by atoms with Crippen molar-refractivity contribution in [3.63, 3.8) is 0 Å². The van der Waals surface area contributed by atoms with E-state index in [0.29, 0.717) is 11.3 Å². The number of hydrogen-bond acceptors (Lipinski definition) is 2. The van der Waals surface area contributed by atoms with Crippen LogP contribution in [0, 0.1) is 11.3 Å². The zero-order valence-electron chi connectivity index (χ0n) is 9.67.